The lowest BCUT2D eigenvalue weighted by Crippen LogP contribution is -2.32. The molecule has 1 amide bonds. The number of rotatable bonds is 4. The van der Waals surface area contributed by atoms with Crippen LogP contribution in [0.3, 0.4) is 0 Å². The number of hydrogen-bond acceptors (Lipinski definition) is 3. The highest BCUT2D eigenvalue weighted by atomic mass is 19.1. The zero-order valence-corrected chi connectivity index (χ0v) is 11.9. The van der Waals surface area contributed by atoms with Crippen molar-refractivity contribution < 1.29 is 19.0 Å². The Balaban J connectivity index is 2.34. The summed E-state index contributed by atoms with van der Waals surface area (Å²) >= 11 is 0. The maximum absolute atomic E-state index is 12.8. The van der Waals surface area contributed by atoms with Gasteiger partial charge in [0.25, 0.3) is 0 Å². The Morgan fingerprint density at radius 1 is 1.45 bits per heavy atom. The minimum atomic E-state index is -0.514. The highest BCUT2D eigenvalue weighted by Crippen LogP contribution is 2.19. The maximum Gasteiger partial charge on any atom is 0.407 e. The number of amides is 1. The monoisotopic (exact) mass is 281 g/mol. The predicted molar refractivity (Wildman–Crippen MR) is 76.0 cm³/mol. The molecule has 0 spiro atoms. The number of phenolic OH excluding ortho intramolecular Hbond substituents is 1. The van der Waals surface area contributed by atoms with Crippen LogP contribution >= 0.6 is 0 Å². The third-order valence-corrected chi connectivity index (χ3v) is 2.27. The van der Waals surface area contributed by atoms with Gasteiger partial charge in [-0.05, 0) is 39.3 Å². The third kappa shape index (κ3) is 6.22. The minimum Gasteiger partial charge on any atom is -0.507 e. The summed E-state index contributed by atoms with van der Waals surface area (Å²) in [5.74, 6) is -0.590. The van der Waals surface area contributed by atoms with E-state index in [4.69, 9.17) is 4.74 Å². The predicted octanol–water partition coefficient (Wildman–Crippen LogP) is 3.46. The smallest absolute Gasteiger partial charge is 0.407 e. The topological polar surface area (TPSA) is 58.6 Å². The Labute approximate surface area is 118 Å². The summed E-state index contributed by atoms with van der Waals surface area (Å²) in [7, 11) is 0. The zero-order chi connectivity index (χ0) is 15.2. The lowest BCUT2D eigenvalue weighted by atomic mass is 10.1. The molecular formula is C15H20FNO3. The minimum absolute atomic E-state index is 0.110. The fourth-order valence-electron chi connectivity index (χ4n) is 1.44. The fourth-order valence-corrected chi connectivity index (χ4v) is 1.44. The molecular weight excluding hydrogens is 261 g/mol. The number of nitrogens with one attached hydrogen (secondary N) is 1. The third-order valence-electron chi connectivity index (χ3n) is 2.27. The largest absolute Gasteiger partial charge is 0.507 e. The van der Waals surface area contributed by atoms with E-state index < -0.39 is 17.5 Å². The number of alkyl carbamates (subject to hydrolysis) is 1. The lowest BCUT2D eigenvalue weighted by Gasteiger charge is -2.19. The van der Waals surface area contributed by atoms with Crippen LogP contribution in [-0.2, 0) is 4.74 Å². The number of phenols is 1. The van der Waals surface area contributed by atoms with Crippen molar-refractivity contribution in [1.82, 2.24) is 5.32 Å². The fraction of sp³-hybridized carbons (Fsp3) is 0.400. The van der Waals surface area contributed by atoms with Crippen LogP contribution in [0.2, 0.25) is 0 Å². The molecule has 0 atom stereocenters. The Hall–Kier alpha value is -2.04. The van der Waals surface area contributed by atoms with E-state index in [1.165, 1.54) is 12.1 Å². The average molecular weight is 281 g/mol. The van der Waals surface area contributed by atoms with Gasteiger partial charge in [0.2, 0.25) is 0 Å². The summed E-state index contributed by atoms with van der Waals surface area (Å²) in [6.07, 6.45) is 3.57. The first-order valence-electron chi connectivity index (χ1n) is 6.40. The standard InChI is InChI=1S/C15H20FNO3/c1-15(2,3)20-14(19)17-9-5-4-6-11-7-8-12(16)10-13(11)18/h4,6-8,10,18H,5,9H2,1-3H3,(H,17,19). The number of halogens is 1. The van der Waals surface area contributed by atoms with Gasteiger partial charge in [-0.3, -0.25) is 0 Å². The molecule has 0 aliphatic heterocycles. The number of hydrogen-bond donors (Lipinski definition) is 2. The molecule has 0 aromatic heterocycles. The van der Waals surface area contributed by atoms with Crippen molar-refractivity contribution in [1.29, 1.82) is 0 Å². The van der Waals surface area contributed by atoms with Crippen LogP contribution in [0.4, 0.5) is 9.18 Å². The van der Waals surface area contributed by atoms with Gasteiger partial charge in [0.15, 0.2) is 0 Å². The Morgan fingerprint density at radius 2 is 2.15 bits per heavy atom. The molecule has 0 unspecified atom stereocenters. The van der Waals surface area contributed by atoms with Gasteiger partial charge in [0, 0.05) is 18.2 Å². The van der Waals surface area contributed by atoms with Crippen molar-refractivity contribution in [2.24, 2.45) is 0 Å². The molecule has 0 aliphatic carbocycles. The van der Waals surface area contributed by atoms with E-state index >= 15 is 0 Å². The molecule has 20 heavy (non-hydrogen) atoms. The molecule has 1 rings (SSSR count). The van der Waals surface area contributed by atoms with Crippen LogP contribution in [0.1, 0.15) is 32.8 Å². The molecule has 0 saturated heterocycles. The van der Waals surface area contributed by atoms with E-state index in [-0.39, 0.29) is 5.75 Å². The van der Waals surface area contributed by atoms with Gasteiger partial charge >= 0.3 is 6.09 Å². The second kappa shape index (κ2) is 6.93. The van der Waals surface area contributed by atoms with Gasteiger partial charge < -0.3 is 15.2 Å². The van der Waals surface area contributed by atoms with Crippen molar-refractivity contribution in [3.05, 3.63) is 35.7 Å². The van der Waals surface area contributed by atoms with E-state index in [1.807, 2.05) is 0 Å². The molecule has 5 heteroatoms. The number of ether oxygens (including phenoxy) is 1. The molecule has 2 N–H and O–H groups in total. The van der Waals surface area contributed by atoms with Crippen LogP contribution in [-0.4, -0.2) is 23.3 Å². The first-order chi connectivity index (χ1) is 9.28. The maximum atomic E-state index is 12.8. The van der Waals surface area contributed by atoms with Crippen LogP contribution in [0, 0.1) is 5.82 Å². The van der Waals surface area contributed by atoms with Gasteiger partial charge in [-0.15, -0.1) is 0 Å². The van der Waals surface area contributed by atoms with Crippen molar-refractivity contribution in [2.45, 2.75) is 32.8 Å². The van der Waals surface area contributed by atoms with Crippen molar-refractivity contribution >= 4 is 12.2 Å². The Kier molecular flexibility index (Phi) is 5.55. The van der Waals surface area contributed by atoms with Gasteiger partial charge in [-0.1, -0.05) is 12.2 Å². The molecule has 0 bridgehead atoms. The summed E-state index contributed by atoms with van der Waals surface area (Å²) in [4.78, 5) is 11.3. The lowest BCUT2D eigenvalue weighted by molar-refractivity contribution is 0.0529. The molecule has 0 aliphatic rings. The molecule has 1 aromatic rings. The summed E-state index contributed by atoms with van der Waals surface area (Å²) in [5, 5.41) is 12.1. The highest BCUT2D eigenvalue weighted by Gasteiger charge is 2.15. The number of carbonyl (C=O) groups excluding carboxylic acids is 1. The van der Waals surface area contributed by atoms with Crippen LogP contribution in [0.5, 0.6) is 5.75 Å². The summed E-state index contributed by atoms with van der Waals surface area (Å²) in [5.41, 5.74) is 0.0171. The molecule has 4 nitrogen and oxygen atoms in total. The SMILES string of the molecule is CC(C)(C)OC(=O)NCCC=Cc1ccc(F)cc1O. The van der Waals surface area contributed by atoms with Crippen LogP contribution in [0.15, 0.2) is 24.3 Å². The van der Waals surface area contributed by atoms with E-state index in [0.29, 0.717) is 18.5 Å². The summed E-state index contributed by atoms with van der Waals surface area (Å²) in [6, 6.07) is 3.82. The molecule has 0 saturated carbocycles. The van der Waals surface area contributed by atoms with E-state index in [0.717, 1.165) is 6.07 Å². The summed E-state index contributed by atoms with van der Waals surface area (Å²) in [6.45, 7) is 5.81. The first-order valence-corrected chi connectivity index (χ1v) is 6.40. The van der Waals surface area contributed by atoms with Gasteiger partial charge in [0.05, 0.1) is 0 Å². The van der Waals surface area contributed by atoms with Crippen LogP contribution in [0.25, 0.3) is 6.08 Å². The molecule has 0 heterocycles. The Bertz CT molecular complexity index is 492. The Morgan fingerprint density at radius 3 is 2.75 bits per heavy atom. The van der Waals surface area contributed by atoms with Gasteiger partial charge in [0.1, 0.15) is 17.2 Å². The van der Waals surface area contributed by atoms with Crippen molar-refractivity contribution in [3.63, 3.8) is 0 Å². The molecule has 0 radical (unpaired) electrons. The number of aromatic hydroxyl groups is 1. The van der Waals surface area contributed by atoms with Crippen molar-refractivity contribution in [3.8, 4) is 5.75 Å². The first kappa shape index (κ1) is 16.0. The average Bonchev–Trinajstić information content (AvgIpc) is 2.28. The molecule has 1 aromatic carbocycles. The second-order valence-electron chi connectivity index (χ2n) is 5.32. The molecule has 110 valence electrons. The number of benzene rings is 1. The van der Waals surface area contributed by atoms with Crippen LogP contribution < -0.4 is 5.32 Å². The summed E-state index contributed by atoms with van der Waals surface area (Å²) < 4.78 is 17.8. The van der Waals surface area contributed by atoms with Gasteiger partial charge in [-0.2, -0.15) is 0 Å². The van der Waals surface area contributed by atoms with E-state index in [2.05, 4.69) is 5.32 Å². The zero-order valence-electron chi connectivity index (χ0n) is 11.9. The highest BCUT2D eigenvalue weighted by molar-refractivity contribution is 5.67. The van der Waals surface area contributed by atoms with E-state index in [1.54, 1.807) is 32.9 Å². The normalized spacial score (nSPS) is 11.6. The second-order valence-corrected chi connectivity index (χ2v) is 5.32. The van der Waals surface area contributed by atoms with E-state index in [9.17, 15) is 14.3 Å². The quantitative estimate of drug-likeness (QED) is 0.831. The number of carbonyl (C=O) groups is 1. The van der Waals surface area contributed by atoms with Crippen molar-refractivity contribution in [2.75, 3.05) is 6.54 Å². The van der Waals surface area contributed by atoms with Gasteiger partial charge in [-0.25, -0.2) is 9.18 Å². The molecule has 0 fully saturated rings.